The van der Waals surface area contributed by atoms with Crippen molar-refractivity contribution in [1.29, 1.82) is 0 Å². The highest BCUT2D eigenvalue weighted by Crippen LogP contribution is 2.27. The summed E-state index contributed by atoms with van der Waals surface area (Å²) >= 11 is 5.56. The minimum Gasteiger partial charge on any atom is -0.348 e. The van der Waals surface area contributed by atoms with Gasteiger partial charge in [0.15, 0.2) is 14.9 Å². The Kier molecular flexibility index (Phi) is 6.09. The zero-order valence-electron chi connectivity index (χ0n) is 16.9. The molecule has 0 bridgehead atoms. The largest absolute Gasteiger partial charge is 0.348 e. The Morgan fingerprint density at radius 2 is 2.00 bits per heavy atom. The summed E-state index contributed by atoms with van der Waals surface area (Å²) in [5.41, 5.74) is 5.29. The van der Waals surface area contributed by atoms with Gasteiger partial charge >= 0.3 is 0 Å². The summed E-state index contributed by atoms with van der Waals surface area (Å²) in [7, 11) is -0.992. The van der Waals surface area contributed by atoms with Gasteiger partial charge in [-0.3, -0.25) is 4.68 Å². The SMILES string of the molecule is CCc1ccc(NC(=S)N(C)Cc2c(C)nn([C@@H]3CCS(=O)(=O)C3)c2C)cc1. The van der Waals surface area contributed by atoms with Gasteiger partial charge in [-0.15, -0.1) is 0 Å². The van der Waals surface area contributed by atoms with Crippen molar-refractivity contribution < 1.29 is 8.42 Å². The van der Waals surface area contributed by atoms with E-state index >= 15 is 0 Å². The zero-order valence-corrected chi connectivity index (χ0v) is 18.5. The molecule has 2 heterocycles. The Morgan fingerprint density at radius 1 is 1.32 bits per heavy atom. The van der Waals surface area contributed by atoms with Gasteiger partial charge in [-0.1, -0.05) is 19.1 Å². The van der Waals surface area contributed by atoms with Gasteiger partial charge in [0, 0.05) is 30.5 Å². The molecule has 1 N–H and O–H groups in total. The minimum absolute atomic E-state index is 0.0649. The van der Waals surface area contributed by atoms with E-state index in [-0.39, 0.29) is 17.5 Å². The second-order valence-corrected chi connectivity index (χ2v) is 10.1. The number of aryl methyl sites for hydroxylation is 2. The van der Waals surface area contributed by atoms with E-state index in [0.717, 1.165) is 29.1 Å². The third-order valence-corrected chi connectivity index (χ3v) is 7.55. The van der Waals surface area contributed by atoms with E-state index in [1.807, 2.05) is 42.6 Å². The first-order valence-electron chi connectivity index (χ1n) is 9.56. The molecular formula is C20H28N4O2S2. The lowest BCUT2D eigenvalue weighted by Gasteiger charge is -2.21. The Labute approximate surface area is 172 Å². The first-order valence-corrected chi connectivity index (χ1v) is 11.8. The zero-order chi connectivity index (χ0) is 20.5. The minimum atomic E-state index is -2.94. The standard InChI is InChI=1S/C20H28N4O2S2/c1-5-16-6-8-17(9-7-16)21-20(27)23(4)12-19-14(2)22-24(15(19)3)18-10-11-28(25,26)13-18/h6-9,18H,5,10-13H2,1-4H3,(H,21,27)/t18-/m1/s1. The van der Waals surface area contributed by atoms with Crippen LogP contribution in [0.4, 0.5) is 5.69 Å². The van der Waals surface area contributed by atoms with Crippen molar-refractivity contribution in [2.75, 3.05) is 23.9 Å². The molecule has 28 heavy (non-hydrogen) atoms. The molecule has 0 unspecified atom stereocenters. The van der Waals surface area contributed by atoms with Crippen LogP contribution < -0.4 is 5.32 Å². The molecule has 0 saturated carbocycles. The third kappa shape index (κ3) is 4.55. The van der Waals surface area contributed by atoms with Gasteiger partial charge in [-0.25, -0.2) is 8.42 Å². The molecule has 1 aliphatic heterocycles. The van der Waals surface area contributed by atoms with Crippen LogP contribution in [0.1, 0.15) is 41.9 Å². The second-order valence-electron chi connectivity index (χ2n) is 7.49. The quantitative estimate of drug-likeness (QED) is 0.749. The monoisotopic (exact) mass is 420 g/mol. The van der Waals surface area contributed by atoms with Crippen LogP contribution in [-0.4, -0.2) is 46.8 Å². The number of hydrogen-bond donors (Lipinski definition) is 1. The Bertz CT molecular complexity index is 965. The summed E-state index contributed by atoms with van der Waals surface area (Å²) < 4.78 is 25.5. The number of rotatable bonds is 5. The number of hydrogen-bond acceptors (Lipinski definition) is 4. The van der Waals surface area contributed by atoms with Gasteiger partial charge in [0.25, 0.3) is 0 Å². The number of benzene rings is 1. The fourth-order valence-corrected chi connectivity index (χ4v) is 5.48. The fourth-order valence-electron chi connectivity index (χ4n) is 3.60. The molecule has 3 rings (SSSR count). The van der Waals surface area contributed by atoms with Crippen LogP contribution >= 0.6 is 12.2 Å². The number of nitrogens with zero attached hydrogens (tertiary/aromatic N) is 3. The summed E-state index contributed by atoms with van der Waals surface area (Å²) in [5, 5.41) is 8.55. The van der Waals surface area contributed by atoms with Gasteiger partial charge in [0.1, 0.15) is 0 Å². The molecule has 0 radical (unpaired) electrons. The predicted molar refractivity (Wildman–Crippen MR) is 118 cm³/mol. The second kappa shape index (κ2) is 8.21. The molecule has 6 nitrogen and oxygen atoms in total. The van der Waals surface area contributed by atoms with Crippen molar-refractivity contribution in [2.45, 2.75) is 46.2 Å². The number of nitrogens with one attached hydrogen (secondary N) is 1. The average Bonchev–Trinajstić information content (AvgIpc) is 3.15. The van der Waals surface area contributed by atoms with Crippen molar-refractivity contribution >= 4 is 32.9 Å². The molecule has 1 aliphatic rings. The smallest absolute Gasteiger partial charge is 0.173 e. The van der Waals surface area contributed by atoms with E-state index in [4.69, 9.17) is 12.2 Å². The summed E-state index contributed by atoms with van der Waals surface area (Å²) in [5.74, 6) is 0.425. The van der Waals surface area contributed by atoms with Crippen LogP contribution in [-0.2, 0) is 22.8 Å². The molecule has 0 aliphatic carbocycles. The molecule has 1 atom stereocenters. The molecule has 0 spiro atoms. The summed E-state index contributed by atoms with van der Waals surface area (Å²) in [6.45, 7) is 6.73. The van der Waals surface area contributed by atoms with E-state index < -0.39 is 9.84 Å². The molecule has 152 valence electrons. The fraction of sp³-hybridized carbons (Fsp3) is 0.500. The first kappa shape index (κ1) is 20.8. The molecule has 1 saturated heterocycles. The first-order chi connectivity index (χ1) is 13.2. The highest BCUT2D eigenvalue weighted by atomic mass is 32.2. The van der Waals surface area contributed by atoms with Crippen LogP contribution in [0.3, 0.4) is 0 Å². The van der Waals surface area contributed by atoms with Crippen LogP contribution in [0.25, 0.3) is 0 Å². The van der Waals surface area contributed by atoms with Crippen LogP contribution in [0.2, 0.25) is 0 Å². The average molecular weight is 421 g/mol. The van der Waals surface area contributed by atoms with E-state index in [9.17, 15) is 8.42 Å². The highest BCUT2D eigenvalue weighted by molar-refractivity contribution is 7.91. The molecule has 8 heteroatoms. The maximum Gasteiger partial charge on any atom is 0.173 e. The summed E-state index contributed by atoms with van der Waals surface area (Å²) in [6, 6.07) is 8.20. The Hall–Kier alpha value is -1.93. The maximum atomic E-state index is 11.8. The molecule has 1 fully saturated rings. The summed E-state index contributed by atoms with van der Waals surface area (Å²) in [6.07, 6.45) is 1.64. The normalized spacial score (nSPS) is 18.2. The van der Waals surface area contributed by atoms with Crippen molar-refractivity contribution in [1.82, 2.24) is 14.7 Å². The molecule has 0 amide bonds. The van der Waals surface area contributed by atoms with Crippen LogP contribution in [0, 0.1) is 13.8 Å². The van der Waals surface area contributed by atoms with Crippen LogP contribution in [0.15, 0.2) is 24.3 Å². The maximum absolute atomic E-state index is 11.8. The Balaban J connectivity index is 1.69. The van der Waals surface area contributed by atoms with Gasteiger partial charge < -0.3 is 10.2 Å². The lowest BCUT2D eigenvalue weighted by atomic mass is 10.1. The van der Waals surface area contributed by atoms with Crippen molar-refractivity contribution in [2.24, 2.45) is 0 Å². The summed E-state index contributed by atoms with van der Waals surface area (Å²) in [4.78, 5) is 1.98. The number of aromatic nitrogens is 2. The van der Waals surface area contributed by atoms with Gasteiger partial charge in [0.05, 0.1) is 23.2 Å². The predicted octanol–water partition coefficient (Wildman–Crippen LogP) is 3.25. The van der Waals surface area contributed by atoms with Crippen molar-refractivity contribution in [3.05, 3.63) is 46.8 Å². The van der Waals surface area contributed by atoms with Crippen molar-refractivity contribution in [3.8, 4) is 0 Å². The molecular weight excluding hydrogens is 392 g/mol. The van der Waals surface area contributed by atoms with Gasteiger partial charge in [0.2, 0.25) is 0 Å². The van der Waals surface area contributed by atoms with E-state index in [2.05, 4.69) is 29.5 Å². The number of sulfone groups is 1. The highest BCUT2D eigenvalue weighted by Gasteiger charge is 2.31. The van der Waals surface area contributed by atoms with E-state index in [0.29, 0.717) is 18.1 Å². The molecule has 2 aromatic rings. The molecule has 1 aromatic carbocycles. The Morgan fingerprint density at radius 3 is 2.57 bits per heavy atom. The molecule has 1 aromatic heterocycles. The van der Waals surface area contributed by atoms with Crippen molar-refractivity contribution in [3.63, 3.8) is 0 Å². The van der Waals surface area contributed by atoms with Gasteiger partial charge in [-0.05, 0) is 56.6 Å². The van der Waals surface area contributed by atoms with Gasteiger partial charge in [-0.2, -0.15) is 5.10 Å². The third-order valence-electron chi connectivity index (χ3n) is 5.38. The number of anilines is 1. The number of thiocarbonyl (C=S) groups is 1. The van der Waals surface area contributed by atoms with E-state index in [1.165, 1.54) is 5.56 Å². The lowest BCUT2D eigenvalue weighted by molar-refractivity contribution is 0.479. The topological polar surface area (TPSA) is 67.2 Å². The lowest BCUT2D eigenvalue weighted by Crippen LogP contribution is -2.31. The van der Waals surface area contributed by atoms with E-state index in [1.54, 1.807) is 0 Å². The van der Waals surface area contributed by atoms with Crippen LogP contribution in [0.5, 0.6) is 0 Å².